The van der Waals surface area contributed by atoms with E-state index < -0.39 is 5.97 Å². The monoisotopic (exact) mass is 253 g/mol. The van der Waals surface area contributed by atoms with Gasteiger partial charge in [-0.05, 0) is 30.3 Å². The largest absolute Gasteiger partial charge is 0.481 e. The number of hydrogen-bond donors (Lipinski definition) is 2. The molecule has 3 heterocycles. The number of carboxylic acid groups (broad SMARTS) is 1. The molecule has 94 valence electrons. The number of aromatic amines is 1. The number of aliphatic carboxylic acids is 1. The molecule has 3 aromatic rings. The fourth-order valence-corrected chi connectivity index (χ4v) is 1.98. The molecule has 5 nitrogen and oxygen atoms in total. The van der Waals surface area contributed by atoms with Crippen LogP contribution in [-0.4, -0.2) is 26.0 Å². The number of rotatable bonds is 3. The highest BCUT2D eigenvalue weighted by Gasteiger charge is 2.06. The third kappa shape index (κ3) is 2.30. The second-order valence-electron chi connectivity index (χ2n) is 4.21. The van der Waals surface area contributed by atoms with E-state index in [1.165, 1.54) is 0 Å². The molecule has 0 fully saturated rings. The highest BCUT2D eigenvalue weighted by Crippen LogP contribution is 2.20. The maximum atomic E-state index is 10.7. The van der Waals surface area contributed by atoms with Gasteiger partial charge in [-0.25, -0.2) is 4.98 Å². The summed E-state index contributed by atoms with van der Waals surface area (Å²) in [6.45, 7) is 0. The van der Waals surface area contributed by atoms with Crippen molar-refractivity contribution in [2.24, 2.45) is 0 Å². The molecule has 0 aromatic carbocycles. The molecule has 0 radical (unpaired) electrons. The number of nitrogens with zero attached hydrogens (tertiary/aromatic N) is 2. The van der Waals surface area contributed by atoms with Crippen LogP contribution in [-0.2, 0) is 11.2 Å². The molecule has 3 aromatic heterocycles. The summed E-state index contributed by atoms with van der Waals surface area (Å²) in [5.74, 6) is -0.890. The van der Waals surface area contributed by atoms with Gasteiger partial charge < -0.3 is 10.1 Å². The Kier molecular flexibility index (Phi) is 2.72. The smallest absolute Gasteiger partial charge is 0.309 e. The van der Waals surface area contributed by atoms with Crippen molar-refractivity contribution in [1.82, 2.24) is 15.0 Å². The Morgan fingerprint density at radius 1 is 1.26 bits per heavy atom. The van der Waals surface area contributed by atoms with Crippen LogP contribution < -0.4 is 0 Å². The number of fused-ring (bicyclic) bond motifs is 1. The predicted octanol–water partition coefficient (Wildman–Crippen LogP) is 2.25. The van der Waals surface area contributed by atoms with Crippen molar-refractivity contribution in [2.75, 3.05) is 0 Å². The first-order chi connectivity index (χ1) is 9.22. The molecule has 0 aliphatic rings. The number of H-pyrrole nitrogens is 1. The summed E-state index contributed by atoms with van der Waals surface area (Å²) < 4.78 is 0. The Morgan fingerprint density at radius 3 is 3.00 bits per heavy atom. The van der Waals surface area contributed by atoms with Crippen molar-refractivity contribution in [3.63, 3.8) is 0 Å². The van der Waals surface area contributed by atoms with Gasteiger partial charge in [-0.3, -0.25) is 9.78 Å². The molecule has 5 heteroatoms. The summed E-state index contributed by atoms with van der Waals surface area (Å²) in [4.78, 5) is 22.3. The molecular formula is C14H11N3O2. The van der Waals surface area contributed by atoms with Crippen molar-refractivity contribution in [3.8, 4) is 11.3 Å². The third-order valence-electron chi connectivity index (χ3n) is 2.85. The van der Waals surface area contributed by atoms with Crippen LogP contribution >= 0.6 is 0 Å². The van der Waals surface area contributed by atoms with Gasteiger partial charge in [-0.1, -0.05) is 0 Å². The molecular weight excluding hydrogens is 242 g/mol. The molecule has 0 aliphatic carbocycles. The van der Waals surface area contributed by atoms with E-state index in [0.717, 1.165) is 22.3 Å². The maximum absolute atomic E-state index is 10.7. The lowest BCUT2D eigenvalue weighted by atomic mass is 10.1. The number of pyridine rings is 2. The van der Waals surface area contributed by atoms with Crippen LogP contribution in [0.5, 0.6) is 0 Å². The Hall–Kier alpha value is -2.69. The number of nitrogens with one attached hydrogen (secondary N) is 1. The number of aromatic nitrogens is 3. The van der Waals surface area contributed by atoms with Gasteiger partial charge in [0.05, 0.1) is 28.8 Å². The van der Waals surface area contributed by atoms with E-state index >= 15 is 0 Å². The highest BCUT2D eigenvalue weighted by molar-refractivity contribution is 5.78. The fraction of sp³-hybridized carbons (Fsp3) is 0.0714. The number of hydrogen-bond acceptors (Lipinski definition) is 3. The number of carboxylic acids is 1. The summed E-state index contributed by atoms with van der Waals surface area (Å²) in [6, 6.07) is 9.34. The minimum Gasteiger partial charge on any atom is -0.481 e. The minimum absolute atomic E-state index is 0.0831. The normalized spacial score (nSPS) is 10.7. The summed E-state index contributed by atoms with van der Waals surface area (Å²) in [5.41, 5.74) is 4.06. The average molecular weight is 253 g/mol. The first-order valence-corrected chi connectivity index (χ1v) is 5.83. The Balaban J connectivity index is 2.02. The standard InChI is InChI=1S/C14H11N3O2/c18-14(19)8-10-7-9(3-5-15-10)11-1-2-12-13(17-11)4-6-16-12/h1-7,16H,8H2,(H,18,19). The summed E-state index contributed by atoms with van der Waals surface area (Å²) in [6.07, 6.45) is 3.36. The zero-order valence-electron chi connectivity index (χ0n) is 10.00. The molecule has 0 atom stereocenters. The van der Waals surface area contributed by atoms with Crippen LogP contribution in [0.1, 0.15) is 5.69 Å². The fourth-order valence-electron chi connectivity index (χ4n) is 1.98. The van der Waals surface area contributed by atoms with Gasteiger partial charge in [0.25, 0.3) is 0 Å². The van der Waals surface area contributed by atoms with Crippen LogP contribution in [0.15, 0.2) is 42.7 Å². The Labute approximate surface area is 109 Å². The molecule has 0 unspecified atom stereocenters. The lowest BCUT2D eigenvalue weighted by Gasteiger charge is -2.03. The van der Waals surface area contributed by atoms with Crippen LogP contribution in [0.3, 0.4) is 0 Å². The van der Waals surface area contributed by atoms with Crippen molar-refractivity contribution in [3.05, 3.63) is 48.4 Å². The van der Waals surface area contributed by atoms with Gasteiger partial charge in [0.2, 0.25) is 0 Å². The molecule has 0 spiro atoms. The zero-order valence-corrected chi connectivity index (χ0v) is 10.00. The third-order valence-corrected chi connectivity index (χ3v) is 2.85. The van der Waals surface area contributed by atoms with Crippen LogP contribution in [0, 0.1) is 0 Å². The number of carbonyl (C=O) groups is 1. The van der Waals surface area contributed by atoms with Gasteiger partial charge in [0.1, 0.15) is 0 Å². The summed E-state index contributed by atoms with van der Waals surface area (Å²) >= 11 is 0. The second-order valence-corrected chi connectivity index (χ2v) is 4.21. The lowest BCUT2D eigenvalue weighted by Crippen LogP contribution is -2.02. The molecule has 0 aliphatic heterocycles. The van der Waals surface area contributed by atoms with Crippen molar-refractivity contribution in [2.45, 2.75) is 6.42 Å². The van der Waals surface area contributed by atoms with E-state index in [1.54, 1.807) is 12.3 Å². The molecule has 0 amide bonds. The van der Waals surface area contributed by atoms with E-state index in [2.05, 4.69) is 15.0 Å². The predicted molar refractivity (Wildman–Crippen MR) is 70.7 cm³/mol. The van der Waals surface area contributed by atoms with E-state index in [0.29, 0.717) is 5.69 Å². The zero-order chi connectivity index (χ0) is 13.2. The first kappa shape index (κ1) is 11.4. The van der Waals surface area contributed by atoms with Gasteiger partial charge in [-0.2, -0.15) is 0 Å². The van der Waals surface area contributed by atoms with Crippen molar-refractivity contribution in [1.29, 1.82) is 0 Å². The lowest BCUT2D eigenvalue weighted by molar-refractivity contribution is -0.136. The average Bonchev–Trinajstić information content (AvgIpc) is 2.85. The Morgan fingerprint density at radius 2 is 2.16 bits per heavy atom. The summed E-state index contributed by atoms with van der Waals surface area (Å²) in [5, 5.41) is 8.78. The quantitative estimate of drug-likeness (QED) is 0.750. The van der Waals surface area contributed by atoms with Crippen LogP contribution in [0.2, 0.25) is 0 Å². The van der Waals surface area contributed by atoms with E-state index in [4.69, 9.17) is 5.11 Å². The van der Waals surface area contributed by atoms with Gasteiger partial charge in [-0.15, -0.1) is 0 Å². The Bertz CT molecular complexity index is 749. The topological polar surface area (TPSA) is 78.9 Å². The maximum Gasteiger partial charge on any atom is 0.309 e. The SMILES string of the molecule is O=C(O)Cc1cc(-c2ccc3[nH]ccc3n2)ccn1. The van der Waals surface area contributed by atoms with E-state index in [9.17, 15) is 4.79 Å². The van der Waals surface area contributed by atoms with Gasteiger partial charge in [0, 0.05) is 18.0 Å². The second kappa shape index (κ2) is 4.53. The molecule has 0 bridgehead atoms. The summed E-state index contributed by atoms with van der Waals surface area (Å²) in [7, 11) is 0. The molecule has 3 rings (SSSR count). The van der Waals surface area contributed by atoms with Crippen LogP contribution in [0.4, 0.5) is 0 Å². The molecule has 19 heavy (non-hydrogen) atoms. The minimum atomic E-state index is -0.890. The highest BCUT2D eigenvalue weighted by atomic mass is 16.4. The van der Waals surface area contributed by atoms with Crippen molar-refractivity contribution < 1.29 is 9.90 Å². The molecule has 0 saturated carbocycles. The van der Waals surface area contributed by atoms with Gasteiger partial charge in [0.15, 0.2) is 0 Å². The van der Waals surface area contributed by atoms with Crippen molar-refractivity contribution >= 4 is 17.0 Å². The van der Waals surface area contributed by atoms with E-state index in [1.807, 2.05) is 30.5 Å². The molecule has 2 N–H and O–H groups in total. The molecule has 0 saturated heterocycles. The van der Waals surface area contributed by atoms with E-state index in [-0.39, 0.29) is 6.42 Å². The van der Waals surface area contributed by atoms with Gasteiger partial charge >= 0.3 is 5.97 Å². The first-order valence-electron chi connectivity index (χ1n) is 5.83. The van der Waals surface area contributed by atoms with Crippen LogP contribution in [0.25, 0.3) is 22.3 Å².